The minimum atomic E-state index is -1.58. The molecule has 12 nitrogen and oxygen atoms in total. The Morgan fingerprint density at radius 2 is 1.47 bits per heavy atom. The topological polar surface area (TPSA) is 187 Å². The van der Waals surface area contributed by atoms with Gasteiger partial charge in [0.15, 0.2) is 12.6 Å². The Bertz CT molecular complexity index is 890. The Morgan fingerprint density at radius 3 is 2.07 bits per heavy atom. The van der Waals surface area contributed by atoms with E-state index in [1.54, 1.807) is 6.92 Å². The largest absolute Gasteiger partial charge is 0.394 e. The molecule has 2 heterocycles. The van der Waals surface area contributed by atoms with Gasteiger partial charge in [-0.15, -0.1) is 0 Å². The van der Waals surface area contributed by atoms with Crippen molar-refractivity contribution in [2.45, 2.75) is 127 Å². The number of nitrogens with one attached hydrogen (secondary N) is 1. The van der Waals surface area contributed by atoms with Crippen molar-refractivity contribution in [1.82, 2.24) is 5.32 Å². The Kier molecular flexibility index (Phi) is 11.1. The van der Waals surface area contributed by atoms with Crippen LogP contribution in [0, 0.1) is 35.0 Å². The second-order valence-corrected chi connectivity index (χ2v) is 13.9. The van der Waals surface area contributed by atoms with Crippen molar-refractivity contribution in [3.63, 3.8) is 0 Å². The number of ether oxygens (including phenoxy) is 4. The van der Waals surface area contributed by atoms with Gasteiger partial charge in [-0.25, -0.2) is 0 Å². The molecule has 7 N–H and O–H groups in total. The molecule has 4 saturated carbocycles. The van der Waals surface area contributed by atoms with E-state index in [1.807, 2.05) is 0 Å². The molecule has 2 aliphatic heterocycles. The highest BCUT2D eigenvalue weighted by Gasteiger charge is 2.57. The zero-order chi connectivity index (χ0) is 30.9. The summed E-state index contributed by atoms with van der Waals surface area (Å²) in [7, 11) is 0. The van der Waals surface area contributed by atoms with Gasteiger partial charge in [0, 0.05) is 18.9 Å². The molecular formula is C31H53NO11. The zero-order valence-corrected chi connectivity index (χ0v) is 25.5. The lowest BCUT2D eigenvalue weighted by Gasteiger charge is -2.61. The molecule has 0 aromatic rings. The summed E-state index contributed by atoms with van der Waals surface area (Å²) in [6, 6.07) is 0. The second-order valence-electron chi connectivity index (χ2n) is 13.9. The molecular weight excluding hydrogens is 562 g/mol. The summed E-state index contributed by atoms with van der Waals surface area (Å²) in [5.74, 6) is 2.40. The first-order valence-electron chi connectivity index (χ1n) is 16.4. The number of carbonyl (C=O) groups is 1. The predicted molar refractivity (Wildman–Crippen MR) is 152 cm³/mol. The summed E-state index contributed by atoms with van der Waals surface area (Å²) < 4.78 is 22.6. The minimum Gasteiger partial charge on any atom is -0.394 e. The van der Waals surface area contributed by atoms with Gasteiger partial charge in [0.1, 0.15) is 30.5 Å². The fraction of sp³-hybridized carbons (Fsp3) is 0.968. The van der Waals surface area contributed by atoms with Crippen LogP contribution in [0.3, 0.4) is 0 Å². The fourth-order valence-corrected chi connectivity index (χ4v) is 9.04. The van der Waals surface area contributed by atoms with E-state index in [9.17, 15) is 35.4 Å². The second kappa shape index (κ2) is 14.2. The van der Waals surface area contributed by atoms with Gasteiger partial charge in [-0.1, -0.05) is 26.7 Å². The van der Waals surface area contributed by atoms with E-state index in [0.29, 0.717) is 18.3 Å². The van der Waals surface area contributed by atoms with Gasteiger partial charge in [-0.3, -0.25) is 4.79 Å². The summed E-state index contributed by atoms with van der Waals surface area (Å²) in [6.45, 7) is 3.03. The van der Waals surface area contributed by atoms with Gasteiger partial charge in [-0.2, -0.15) is 0 Å². The number of aliphatic hydroxyl groups excluding tert-OH is 6. The SMILES string of the molecule is CCCC[C@]1(CC(=O)NCCO[C@H]2OC(CO)[C@H](O[C@@H]3OC(CO)[C@H](C)C(O)[C@H]3O)C(O)[C@H]2O)C2C[C@@H]3C[C@H](C2)C[C@@H]1C3. The molecule has 0 aromatic carbocycles. The molecule has 0 spiro atoms. The van der Waals surface area contributed by atoms with Gasteiger partial charge in [-0.05, 0) is 67.6 Å². The Morgan fingerprint density at radius 1 is 0.860 bits per heavy atom. The van der Waals surface area contributed by atoms with Crippen molar-refractivity contribution in [1.29, 1.82) is 0 Å². The lowest BCUT2D eigenvalue weighted by molar-refractivity contribution is -0.355. The van der Waals surface area contributed by atoms with Crippen LogP contribution in [0.5, 0.6) is 0 Å². The van der Waals surface area contributed by atoms with E-state index in [2.05, 4.69) is 12.2 Å². The third-order valence-corrected chi connectivity index (χ3v) is 11.3. The molecule has 6 rings (SSSR count). The molecule has 0 aromatic heterocycles. The quantitative estimate of drug-likeness (QED) is 0.139. The van der Waals surface area contributed by atoms with E-state index in [4.69, 9.17) is 18.9 Å². The maximum absolute atomic E-state index is 13.2. The average molecular weight is 616 g/mol. The summed E-state index contributed by atoms with van der Waals surface area (Å²) in [5.41, 5.74) is 0.0887. The smallest absolute Gasteiger partial charge is 0.220 e. The number of hydrogen-bond donors (Lipinski definition) is 7. The number of amides is 1. The summed E-state index contributed by atoms with van der Waals surface area (Å²) in [5, 5.41) is 64.8. The van der Waals surface area contributed by atoms with E-state index in [0.717, 1.165) is 31.1 Å². The Hall–Kier alpha value is -0.930. The first-order chi connectivity index (χ1) is 20.6. The zero-order valence-electron chi connectivity index (χ0n) is 25.5. The van der Waals surface area contributed by atoms with E-state index in [1.165, 1.54) is 32.1 Å². The molecule has 6 fully saturated rings. The van der Waals surface area contributed by atoms with Crippen LogP contribution in [0.15, 0.2) is 0 Å². The average Bonchev–Trinajstić information content (AvgIpc) is 2.99. The van der Waals surface area contributed by atoms with Crippen LogP contribution in [0.2, 0.25) is 0 Å². The first kappa shape index (κ1) is 33.4. The van der Waals surface area contributed by atoms with Crippen molar-refractivity contribution >= 4 is 5.91 Å². The first-order valence-corrected chi connectivity index (χ1v) is 16.4. The minimum absolute atomic E-state index is 0.0164. The maximum Gasteiger partial charge on any atom is 0.220 e. The molecule has 4 aliphatic carbocycles. The molecule has 43 heavy (non-hydrogen) atoms. The maximum atomic E-state index is 13.2. The Labute approximate surface area is 254 Å². The molecule has 1 amide bonds. The van der Waals surface area contributed by atoms with Crippen LogP contribution < -0.4 is 5.32 Å². The molecule has 248 valence electrons. The van der Waals surface area contributed by atoms with Crippen molar-refractivity contribution in [2.75, 3.05) is 26.4 Å². The number of unbranched alkanes of at least 4 members (excludes halogenated alkanes) is 1. The highest BCUT2D eigenvalue weighted by molar-refractivity contribution is 5.76. The van der Waals surface area contributed by atoms with Gasteiger partial charge < -0.3 is 54.9 Å². The highest BCUT2D eigenvalue weighted by Crippen LogP contribution is 2.65. The highest BCUT2D eigenvalue weighted by atomic mass is 16.7. The normalized spacial score (nSPS) is 47.5. The number of rotatable bonds is 13. The van der Waals surface area contributed by atoms with Crippen molar-refractivity contribution in [2.24, 2.45) is 35.0 Å². The van der Waals surface area contributed by atoms with E-state index in [-0.39, 0.29) is 24.5 Å². The number of hydrogen-bond acceptors (Lipinski definition) is 11. The molecule has 6 aliphatic rings. The van der Waals surface area contributed by atoms with E-state index < -0.39 is 74.4 Å². The summed E-state index contributed by atoms with van der Waals surface area (Å²) in [4.78, 5) is 13.2. The van der Waals surface area contributed by atoms with Crippen molar-refractivity contribution < 1.29 is 54.4 Å². The molecule has 10 atom stereocenters. The monoisotopic (exact) mass is 615 g/mol. The van der Waals surface area contributed by atoms with E-state index >= 15 is 0 Å². The Balaban J connectivity index is 1.11. The lowest BCUT2D eigenvalue weighted by atomic mass is 9.43. The number of carbonyl (C=O) groups excluding carboxylic acids is 1. The summed E-state index contributed by atoms with van der Waals surface area (Å²) in [6.07, 6.45) is -1.58. The molecule has 2 saturated heterocycles. The number of aliphatic hydroxyl groups is 6. The molecule has 12 heteroatoms. The molecule has 4 bridgehead atoms. The third kappa shape index (κ3) is 6.79. The van der Waals surface area contributed by atoms with Gasteiger partial charge in [0.2, 0.25) is 5.91 Å². The van der Waals surface area contributed by atoms with Gasteiger partial charge >= 0.3 is 0 Å². The van der Waals surface area contributed by atoms with Crippen molar-refractivity contribution in [3.05, 3.63) is 0 Å². The predicted octanol–water partition coefficient (Wildman–Crippen LogP) is 0.0413. The van der Waals surface area contributed by atoms with Crippen LogP contribution in [0.1, 0.15) is 71.6 Å². The molecule has 0 radical (unpaired) electrons. The molecule has 4 unspecified atom stereocenters. The van der Waals surface area contributed by atoms with Crippen LogP contribution >= 0.6 is 0 Å². The van der Waals surface area contributed by atoms with Crippen LogP contribution in [-0.2, 0) is 23.7 Å². The van der Waals surface area contributed by atoms with Crippen LogP contribution in [-0.4, -0.2) is 118 Å². The van der Waals surface area contributed by atoms with Crippen LogP contribution in [0.4, 0.5) is 0 Å². The summed E-state index contributed by atoms with van der Waals surface area (Å²) >= 11 is 0. The van der Waals surface area contributed by atoms with Gasteiger partial charge in [0.05, 0.1) is 32.0 Å². The standard InChI is InChI=1S/C31H53NO11/c1-3-4-5-31(19-9-17-8-18(11-19)12-20(31)10-17)13-23(35)32-6-7-40-29-27(39)25(37)28(22(15-34)42-29)43-30-26(38)24(36)16(2)21(14-33)41-30/h16-22,24-30,33-34,36-39H,3-15H2,1-2H3,(H,32,35)/t16-,17-,18+,19+,20?,21?,22?,24?,25?,26+,27+,28-,29-,30-,31+/m0/s1. The van der Waals surface area contributed by atoms with Crippen molar-refractivity contribution in [3.8, 4) is 0 Å². The lowest BCUT2D eigenvalue weighted by Crippen LogP contribution is -2.63. The third-order valence-electron chi connectivity index (χ3n) is 11.3. The van der Waals surface area contributed by atoms with Crippen LogP contribution in [0.25, 0.3) is 0 Å². The van der Waals surface area contributed by atoms with Gasteiger partial charge in [0.25, 0.3) is 0 Å². The fourth-order valence-electron chi connectivity index (χ4n) is 9.04.